The minimum Gasteiger partial charge on any atom is -0.383 e. The minimum absolute atomic E-state index is 0.122. The van der Waals surface area contributed by atoms with Crippen LogP contribution in [0, 0.1) is 6.92 Å². The van der Waals surface area contributed by atoms with E-state index in [-0.39, 0.29) is 36.4 Å². The lowest BCUT2D eigenvalue weighted by atomic mass is 10.1. The summed E-state index contributed by atoms with van der Waals surface area (Å²) in [5.41, 5.74) is 2.91. The van der Waals surface area contributed by atoms with Crippen molar-refractivity contribution in [2.45, 2.75) is 39.8 Å². The number of hydrogen-bond donors (Lipinski definition) is 1. The van der Waals surface area contributed by atoms with Crippen LogP contribution in [-0.4, -0.2) is 77.2 Å². The van der Waals surface area contributed by atoms with Crippen LogP contribution >= 0.6 is 0 Å². The average Bonchev–Trinajstić information content (AvgIpc) is 3.18. The Morgan fingerprint density at radius 1 is 1.24 bits per heavy atom. The zero-order valence-electron chi connectivity index (χ0n) is 19.7. The van der Waals surface area contributed by atoms with Crippen molar-refractivity contribution in [3.63, 3.8) is 0 Å². The van der Waals surface area contributed by atoms with E-state index < -0.39 is 0 Å². The maximum Gasteiger partial charge on any atom is 0.274 e. The second kappa shape index (κ2) is 11.6. The molecule has 1 aliphatic rings. The molecule has 33 heavy (non-hydrogen) atoms. The van der Waals surface area contributed by atoms with Gasteiger partial charge >= 0.3 is 0 Å². The highest BCUT2D eigenvalue weighted by atomic mass is 16.5. The van der Waals surface area contributed by atoms with Crippen LogP contribution in [-0.2, 0) is 22.6 Å². The van der Waals surface area contributed by atoms with E-state index in [4.69, 9.17) is 4.74 Å². The third-order valence-electron chi connectivity index (χ3n) is 5.83. The van der Waals surface area contributed by atoms with Gasteiger partial charge in [0.15, 0.2) is 5.69 Å². The molecule has 0 unspecified atom stereocenters. The molecule has 9 nitrogen and oxygen atoms in total. The van der Waals surface area contributed by atoms with Crippen molar-refractivity contribution < 1.29 is 19.1 Å². The van der Waals surface area contributed by atoms with Crippen molar-refractivity contribution >= 4 is 17.7 Å². The summed E-state index contributed by atoms with van der Waals surface area (Å²) in [6.07, 6.45) is 0.957. The Morgan fingerprint density at radius 3 is 2.76 bits per heavy atom. The first-order chi connectivity index (χ1) is 15.9. The number of aryl methyl sites for hydroxylation is 2. The maximum atomic E-state index is 13.2. The molecule has 178 valence electrons. The molecule has 0 bridgehead atoms. The normalized spacial score (nSPS) is 13.4. The highest BCUT2D eigenvalue weighted by molar-refractivity contribution is 5.98. The number of fused-ring (bicyclic) bond motifs is 1. The number of benzene rings is 1. The summed E-state index contributed by atoms with van der Waals surface area (Å²) < 4.78 is 6.56. The van der Waals surface area contributed by atoms with Gasteiger partial charge in [-0.1, -0.05) is 24.3 Å². The number of carbonyl (C=O) groups is 3. The Kier molecular flexibility index (Phi) is 8.59. The molecule has 9 heteroatoms. The number of nitrogens with one attached hydrogen (secondary N) is 1. The molecule has 0 fully saturated rings. The fourth-order valence-electron chi connectivity index (χ4n) is 3.87. The lowest BCUT2D eigenvalue weighted by Gasteiger charge is -2.21. The molecule has 0 saturated heterocycles. The van der Waals surface area contributed by atoms with Gasteiger partial charge in [0.05, 0.1) is 6.61 Å². The highest BCUT2D eigenvalue weighted by Gasteiger charge is 2.28. The molecule has 1 N–H and O–H groups in total. The van der Waals surface area contributed by atoms with Crippen molar-refractivity contribution in [1.29, 1.82) is 0 Å². The topological polar surface area (TPSA) is 96.8 Å². The first-order valence-corrected chi connectivity index (χ1v) is 11.4. The number of aromatic nitrogens is 2. The van der Waals surface area contributed by atoms with E-state index in [2.05, 4.69) is 10.4 Å². The van der Waals surface area contributed by atoms with Gasteiger partial charge in [0.25, 0.3) is 11.8 Å². The number of amides is 3. The Morgan fingerprint density at radius 2 is 2.03 bits per heavy atom. The molecule has 3 rings (SSSR count). The fraction of sp³-hybridized carbons (Fsp3) is 0.500. The van der Waals surface area contributed by atoms with Crippen LogP contribution in [0.1, 0.15) is 51.9 Å². The van der Waals surface area contributed by atoms with Crippen LogP contribution in [0.3, 0.4) is 0 Å². The second-order valence-electron chi connectivity index (χ2n) is 8.12. The molecule has 3 amide bonds. The molecule has 0 aliphatic carbocycles. The van der Waals surface area contributed by atoms with Gasteiger partial charge in [-0.05, 0) is 31.4 Å². The molecule has 0 radical (unpaired) electrons. The Labute approximate surface area is 194 Å². The predicted molar refractivity (Wildman–Crippen MR) is 124 cm³/mol. The SMILES string of the molecule is CCN(CCC(=O)NCCOC)C(=O)c1cc2n(n1)CCCN(Cc1ccccc1C)C2=O. The Bertz CT molecular complexity index is 987. The molecule has 1 aliphatic heterocycles. The average molecular weight is 456 g/mol. The molecular weight excluding hydrogens is 422 g/mol. The summed E-state index contributed by atoms with van der Waals surface area (Å²) >= 11 is 0. The number of rotatable bonds is 10. The van der Waals surface area contributed by atoms with Crippen LogP contribution in [0.2, 0.25) is 0 Å². The Hall–Kier alpha value is -3.20. The molecule has 0 saturated carbocycles. The van der Waals surface area contributed by atoms with Crippen molar-refractivity contribution in [2.24, 2.45) is 0 Å². The highest BCUT2D eigenvalue weighted by Crippen LogP contribution is 2.19. The van der Waals surface area contributed by atoms with Crippen LogP contribution in [0.25, 0.3) is 0 Å². The second-order valence-corrected chi connectivity index (χ2v) is 8.12. The van der Waals surface area contributed by atoms with E-state index in [1.165, 1.54) is 0 Å². The van der Waals surface area contributed by atoms with E-state index in [9.17, 15) is 14.4 Å². The minimum atomic E-state index is -0.277. The van der Waals surface area contributed by atoms with Gasteiger partial charge in [-0.2, -0.15) is 5.10 Å². The van der Waals surface area contributed by atoms with E-state index in [1.54, 1.807) is 22.8 Å². The van der Waals surface area contributed by atoms with Crippen LogP contribution in [0.4, 0.5) is 0 Å². The summed E-state index contributed by atoms with van der Waals surface area (Å²) in [5, 5.41) is 7.19. The third-order valence-corrected chi connectivity index (χ3v) is 5.83. The molecule has 2 heterocycles. The fourth-order valence-corrected chi connectivity index (χ4v) is 3.87. The lowest BCUT2D eigenvalue weighted by molar-refractivity contribution is -0.121. The van der Waals surface area contributed by atoms with Gasteiger partial charge in [0.2, 0.25) is 5.91 Å². The monoisotopic (exact) mass is 455 g/mol. The van der Waals surface area contributed by atoms with Gasteiger partial charge in [0.1, 0.15) is 5.69 Å². The Balaban J connectivity index is 1.68. The number of ether oxygens (including phenoxy) is 1. The van der Waals surface area contributed by atoms with Crippen molar-refractivity contribution in [3.05, 3.63) is 52.8 Å². The van der Waals surface area contributed by atoms with Gasteiger partial charge in [-0.15, -0.1) is 0 Å². The van der Waals surface area contributed by atoms with Gasteiger partial charge in [-0.25, -0.2) is 0 Å². The van der Waals surface area contributed by atoms with E-state index in [1.807, 2.05) is 43.0 Å². The molecule has 0 atom stereocenters. The van der Waals surface area contributed by atoms with Crippen molar-refractivity contribution in [3.8, 4) is 0 Å². The van der Waals surface area contributed by atoms with Crippen LogP contribution < -0.4 is 5.32 Å². The quantitative estimate of drug-likeness (QED) is 0.552. The number of hydrogen-bond acceptors (Lipinski definition) is 5. The van der Waals surface area contributed by atoms with Gasteiger partial charge < -0.3 is 19.9 Å². The van der Waals surface area contributed by atoms with E-state index in [0.29, 0.717) is 45.0 Å². The van der Waals surface area contributed by atoms with Gasteiger partial charge in [0, 0.05) is 58.9 Å². The van der Waals surface area contributed by atoms with Gasteiger partial charge in [-0.3, -0.25) is 19.1 Å². The maximum absolute atomic E-state index is 13.2. The molecule has 2 aromatic rings. The van der Waals surface area contributed by atoms with Crippen LogP contribution in [0.5, 0.6) is 0 Å². The molecule has 1 aromatic heterocycles. The zero-order valence-corrected chi connectivity index (χ0v) is 19.7. The lowest BCUT2D eigenvalue weighted by Crippen LogP contribution is -2.36. The summed E-state index contributed by atoms with van der Waals surface area (Å²) in [4.78, 5) is 41.7. The van der Waals surface area contributed by atoms with Crippen LogP contribution in [0.15, 0.2) is 30.3 Å². The molecular formula is C24H33N5O4. The summed E-state index contributed by atoms with van der Waals surface area (Å²) in [7, 11) is 1.57. The standard InChI is InChI=1S/C24H33N5O4/c1-4-27(14-10-22(30)25-11-15-33-3)23(31)20-16-21-24(32)28(12-7-13-29(21)26-20)17-19-9-6-5-8-18(19)2/h5-6,8-9,16H,4,7,10-15,17H2,1-3H3,(H,25,30). The predicted octanol–water partition coefficient (Wildman–Crippen LogP) is 1.85. The molecule has 1 aromatic carbocycles. The first-order valence-electron chi connectivity index (χ1n) is 11.4. The number of methoxy groups -OCH3 is 1. The van der Waals surface area contributed by atoms with E-state index >= 15 is 0 Å². The molecule has 0 spiro atoms. The number of carbonyl (C=O) groups excluding carboxylic acids is 3. The van der Waals surface area contributed by atoms with E-state index in [0.717, 1.165) is 17.5 Å². The summed E-state index contributed by atoms with van der Waals surface area (Å²) in [6, 6.07) is 9.62. The smallest absolute Gasteiger partial charge is 0.274 e. The van der Waals surface area contributed by atoms with Crippen molar-refractivity contribution in [2.75, 3.05) is 39.9 Å². The summed E-state index contributed by atoms with van der Waals surface area (Å²) in [6.45, 7) is 7.24. The first kappa shape index (κ1) is 24.4. The van der Waals surface area contributed by atoms with Crippen molar-refractivity contribution in [1.82, 2.24) is 24.9 Å². The third kappa shape index (κ3) is 6.19. The largest absolute Gasteiger partial charge is 0.383 e. The number of nitrogens with zero attached hydrogens (tertiary/aromatic N) is 4. The summed E-state index contributed by atoms with van der Waals surface area (Å²) in [5.74, 6) is -0.537. The zero-order chi connectivity index (χ0) is 23.8.